The van der Waals surface area contributed by atoms with Gasteiger partial charge < -0.3 is 10.6 Å². The quantitative estimate of drug-likeness (QED) is 0.907. The normalized spacial score (nSPS) is 22.5. The Hall–Kier alpha value is -1.06. The van der Waals surface area contributed by atoms with Gasteiger partial charge in [0, 0.05) is 24.2 Å². The molecule has 2 unspecified atom stereocenters. The molecule has 1 saturated heterocycles. The zero-order chi connectivity index (χ0) is 14.8. The summed E-state index contributed by atoms with van der Waals surface area (Å²) >= 11 is 0. The van der Waals surface area contributed by atoms with E-state index in [-0.39, 0.29) is 30.4 Å². The lowest BCUT2D eigenvalue weighted by atomic mass is 9.89. The van der Waals surface area contributed by atoms with E-state index in [9.17, 15) is 4.79 Å². The summed E-state index contributed by atoms with van der Waals surface area (Å²) in [5.74, 6) is 0.172. The van der Waals surface area contributed by atoms with Crippen molar-refractivity contribution in [3.63, 3.8) is 0 Å². The van der Waals surface area contributed by atoms with Crippen LogP contribution in [0.4, 0.5) is 0 Å². The molecule has 2 atom stereocenters. The van der Waals surface area contributed by atoms with Crippen molar-refractivity contribution in [1.82, 2.24) is 4.90 Å². The van der Waals surface area contributed by atoms with Gasteiger partial charge in [0.05, 0.1) is 0 Å². The van der Waals surface area contributed by atoms with Gasteiger partial charge in [0.1, 0.15) is 0 Å². The first-order valence-corrected chi connectivity index (χ1v) is 8.35. The molecule has 122 valence electrons. The number of nitrogens with two attached hydrogens (primary N) is 1. The summed E-state index contributed by atoms with van der Waals surface area (Å²) in [5.41, 5.74) is 9.75. The zero-order valence-corrected chi connectivity index (χ0v) is 14.2. The minimum atomic E-state index is 0. The van der Waals surface area contributed by atoms with Gasteiger partial charge in [-0.05, 0) is 75.1 Å². The van der Waals surface area contributed by atoms with Gasteiger partial charge in [-0.1, -0.05) is 6.07 Å². The molecule has 4 heteroatoms. The minimum Gasteiger partial charge on any atom is -0.334 e. The molecule has 0 saturated carbocycles. The number of halogens is 1. The van der Waals surface area contributed by atoms with Crippen LogP contribution in [0.3, 0.4) is 0 Å². The Bertz CT molecular complexity index is 530. The summed E-state index contributed by atoms with van der Waals surface area (Å²) < 4.78 is 0. The van der Waals surface area contributed by atoms with Crippen LogP contribution in [-0.2, 0) is 12.8 Å². The summed E-state index contributed by atoms with van der Waals surface area (Å²) in [6.07, 6.45) is 8.12. The van der Waals surface area contributed by atoms with Crippen molar-refractivity contribution in [2.24, 2.45) is 5.73 Å². The van der Waals surface area contributed by atoms with Gasteiger partial charge in [-0.15, -0.1) is 12.4 Å². The molecular weight excluding hydrogens is 296 g/mol. The van der Waals surface area contributed by atoms with E-state index in [1.54, 1.807) is 0 Å². The van der Waals surface area contributed by atoms with Crippen LogP contribution in [-0.4, -0.2) is 29.4 Å². The number of likely N-dealkylation sites (tertiary alicyclic amines) is 1. The van der Waals surface area contributed by atoms with E-state index in [4.69, 9.17) is 5.73 Å². The maximum Gasteiger partial charge on any atom is 0.254 e. The molecule has 1 heterocycles. The largest absolute Gasteiger partial charge is 0.334 e. The third kappa shape index (κ3) is 3.47. The van der Waals surface area contributed by atoms with Crippen LogP contribution < -0.4 is 5.73 Å². The van der Waals surface area contributed by atoms with Crippen molar-refractivity contribution in [3.05, 3.63) is 34.9 Å². The highest BCUT2D eigenvalue weighted by atomic mass is 35.5. The number of carbonyl (C=O) groups excluding carboxylic acids is 1. The molecule has 1 aliphatic carbocycles. The van der Waals surface area contributed by atoms with Crippen LogP contribution in [0.5, 0.6) is 0 Å². The molecule has 1 aromatic rings. The van der Waals surface area contributed by atoms with E-state index in [0.29, 0.717) is 0 Å². The van der Waals surface area contributed by atoms with Crippen LogP contribution in [0.15, 0.2) is 18.2 Å². The van der Waals surface area contributed by atoms with Gasteiger partial charge in [-0.3, -0.25) is 4.79 Å². The van der Waals surface area contributed by atoms with Crippen molar-refractivity contribution in [1.29, 1.82) is 0 Å². The van der Waals surface area contributed by atoms with Crippen LogP contribution in [0, 0.1) is 0 Å². The highest BCUT2D eigenvalue weighted by Crippen LogP contribution is 2.25. The Morgan fingerprint density at radius 1 is 1.18 bits per heavy atom. The topological polar surface area (TPSA) is 46.3 Å². The molecular formula is C18H27ClN2O. The highest BCUT2D eigenvalue weighted by molar-refractivity contribution is 5.94. The molecule has 2 N–H and O–H groups in total. The first-order chi connectivity index (χ1) is 10.2. The first kappa shape index (κ1) is 17.3. The molecule has 2 aliphatic rings. The highest BCUT2D eigenvalue weighted by Gasteiger charge is 2.30. The van der Waals surface area contributed by atoms with Crippen LogP contribution in [0.25, 0.3) is 0 Å². The summed E-state index contributed by atoms with van der Waals surface area (Å²) in [7, 11) is 0. The van der Waals surface area contributed by atoms with E-state index >= 15 is 0 Å². The Labute approximate surface area is 139 Å². The second kappa shape index (κ2) is 7.47. The number of piperidine rings is 1. The number of amides is 1. The number of benzene rings is 1. The number of fused-ring (bicyclic) bond motifs is 1. The van der Waals surface area contributed by atoms with E-state index in [2.05, 4.69) is 12.1 Å². The van der Waals surface area contributed by atoms with E-state index < -0.39 is 0 Å². The molecule has 3 rings (SSSR count). The fourth-order valence-corrected chi connectivity index (χ4v) is 3.79. The second-order valence-corrected chi connectivity index (χ2v) is 6.61. The number of nitrogens with zero attached hydrogens (tertiary/aromatic N) is 1. The van der Waals surface area contributed by atoms with Crippen molar-refractivity contribution >= 4 is 18.3 Å². The fraction of sp³-hybridized carbons (Fsp3) is 0.611. The molecule has 0 radical (unpaired) electrons. The lowest BCUT2D eigenvalue weighted by Gasteiger charge is -2.38. The molecule has 1 fully saturated rings. The molecule has 0 aromatic heterocycles. The third-order valence-electron chi connectivity index (χ3n) is 5.01. The van der Waals surface area contributed by atoms with Crippen molar-refractivity contribution in [2.75, 3.05) is 6.54 Å². The standard InChI is InChI=1S/C18H26N2O.ClH/c1-13(19)17-8-4-5-11-20(17)18(21)16-10-9-14-6-2-3-7-15(14)12-16;/h9-10,12-13,17H,2-8,11,19H2,1H3;1H. The van der Waals surface area contributed by atoms with Gasteiger partial charge in [0.2, 0.25) is 0 Å². The summed E-state index contributed by atoms with van der Waals surface area (Å²) in [6, 6.07) is 6.55. The van der Waals surface area contributed by atoms with E-state index in [1.807, 2.05) is 17.9 Å². The minimum absolute atomic E-state index is 0. The summed E-state index contributed by atoms with van der Waals surface area (Å²) in [6.45, 7) is 2.87. The van der Waals surface area contributed by atoms with Crippen molar-refractivity contribution in [3.8, 4) is 0 Å². The Kier molecular flexibility index (Phi) is 5.87. The number of rotatable bonds is 2. The number of hydrogen-bond acceptors (Lipinski definition) is 2. The van der Waals surface area contributed by atoms with Crippen LogP contribution in [0.2, 0.25) is 0 Å². The maximum atomic E-state index is 12.9. The smallest absolute Gasteiger partial charge is 0.254 e. The lowest BCUT2D eigenvalue weighted by molar-refractivity contribution is 0.0583. The monoisotopic (exact) mass is 322 g/mol. The van der Waals surface area contributed by atoms with Crippen LogP contribution >= 0.6 is 12.4 Å². The number of hydrogen-bond donors (Lipinski definition) is 1. The Balaban J connectivity index is 0.00000176. The Morgan fingerprint density at radius 2 is 1.91 bits per heavy atom. The maximum absolute atomic E-state index is 12.9. The molecule has 1 amide bonds. The van der Waals surface area contributed by atoms with Gasteiger partial charge >= 0.3 is 0 Å². The number of carbonyl (C=O) groups is 1. The van der Waals surface area contributed by atoms with Gasteiger partial charge in [-0.25, -0.2) is 0 Å². The van der Waals surface area contributed by atoms with Crippen molar-refractivity contribution in [2.45, 2.75) is 64.0 Å². The van der Waals surface area contributed by atoms with Crippen molar-refractivity contribution < 1.29 is 4.79 Å². The fourth-order valence-electron chi connectivity index (χ4n) is 3.79. The SMILES string of the molecule is CC(N)C1CCCCN1C(=O)c1ccc2c(c1)CCCC2.Cl. The Morgan fingerprint density at radius 3 is 2.64 bits per heavy atom. The predicted molar refractivity (Wildman–Crippen MR) is 92.7 cm³/mol. The summed E-state index contributed by atoms with van der Waals surface area (Å²) in [5, 5.41) is 0. The average molecular weight is 323 g/mol. The third-order valence-corrected chi connectivity index (χ3v) is 5.01. The molecule has 1 aliphatic heterocycles. The van der Waals surface area contributed by atoms with Crippen LogP contribution in [0.1, 0.15) is 60.5 Å². The van der Waals surface area contributed by atoms with Gasteiger partial charge in [-0.2, -0.15) is 0 Å². The van der Waals surface area contributed by atoms with Gasteiger partial charge in [0.25, 0.3) is 5.91 Å². The lowest BCUT2D eigenvalue weighted by Crippen LogP contribution is -2.51. The average Bonchev–Trinajstić information content (AvgIpc) is 2.53. The van der Waals surface area contributed by atoms with E-state index in [0.717, 1.165) is 37.8 Å². The molecule has 0 bridgehead atoms. The first-order valence-electron chi connectivity index (χ1n) is 8.35. The predicted octanol–water partition coefficient (Wildman–Crippen LogP) is 3.33. The number of aryl methyl sites for hydroxylation is 2. The molecule has 1 aromatic carbocycles. The molecule has 0 spiro atoms. The molecule has 22 heavy (non-hydrogen) atoms. The molecule has 3 nitrogen and oxygen atoms in total. The van der Waals surface area contributed by atoms with E-state index in [1.165, 1.54) is 30.4 Å². The second-order valence-electron chi connectivity index (χ2n) is 6.61. The summed E-state index contributed by atoms with van der Waals surface area (Å²) in [4.78, 5) is 14.9. The van der Waals surface area contributed by atoms with Gasteiger partial charge in [0.15, 0.2) is 0 Å². The zero-order valence-electron chi connectivity index (χ0n) is 13.4.